The van der Waals surface area contributed by atoms with Crippen LogP contribution in [0.1, 0.15) is 50.0 Å². The van der Waals surface area contributed by atoms with Crippen molar-refractivity contribution in [3.8, 4) is 11.5 Å². The van der Waals surface area contributed by atoms with E-state index in [-0.39, 0.29) is 12.5 Å². The number of pyridine rings is 1. The van der Waals surface area contributed by atoms with E-state index < -0.39 is 12.6 Å². The van der Waals surface area contributed by atoms with E-state index >= 15 is 0 Å². The van der Waals surface area contributed by atoms with Gasteiger partial charge in [0, 0.05) is 31.6 Å². The lowest BCUT2D eigenvalue weighted by Gasteiger charge is -2.33. The van der Waals surface area contributed by atoms with Crippen molar-refractivity contribution >= 4 is 16.7 Å². The zero-order valence-electron chi connectivity index (χ0n) is 20.8. The van der Waals surface area contributed by atoms with Crippen LogP contribution in [-0.2, 0) is 0 Å². The van der Waals surface area contributed by atoms with Crippen molar-refractivity contribution < 1.29 is 22.6 Å². The maximum atomic E-state index is 12.6. The second kappa shape index (κ2) is 11.6. The summed E-state index contributed by atoms with van der Waals surface area (Å²) in [6.07, 6.45) is 0.307. The van der Waals surface area contributed by atoms with E-state index in [1.54, 1.807) is 7.11 Å². The van der Waals surface area contributed by atoms with Crippen LogP contribution in [0, 0.1) is 0 Å². The Morgan fingerprint density at radius 1 is 1.00 bits per heavy atom. The summed E-state index contributed by atoms with van der Waals surface area (Å²) >= 11 is 0. The molecule has 0 atom stereocenters. The molecule has 3 heterocycles. The minimum atomic E-state index is -4.11. The first kappa shape index (κ1) is 25.8. The number of ether oxygens (including phenoxy) is 2. The van der Waals surface area contributed by atoms with Gasteiger partial charge in [0.05, 0.1) is 25.7 Å². The smallest absolute Gasteiger partial charge is 0.390 e. The number of benzene rings is 1. The van der Waals surface area contributed by atoms with Crippen LogP contribution >= 0.6 is 0 Å². The summed E-state index contributed by atoms with van der Waals surface area (Å²) in [6, 6.07) is 6.02. The standard InChI is InChI=1S/C26H37F3N4O2/c1-30-25-17-20(19-6-12-33(13-7-19)14-8-26(27,28)29)21-16-23(34-2)24(18-22(21)31-25)35-15-5-11-32-9-3-4-10-32/h16-19H,3-15H2,1-2H3,(H,30,31). The summed E-state index contributed by atoms with van der Waals surface area (Å²) < 4.78 is 49.6. The van der Waals surface area contributed by atoms with Crippen molar-refractivity contribution in [1.29, 1.82) is 0 Å². The average molecular weight is 495 g/mol. The van der Waals surface area contributed by atoms with Crippen molar-refractivity contribution in [3.05, 3.63) is 23.8 Å². The second-order valence-corrected chi connectivity index (χ2v) is 9.60. The number of hydrogen-bond donors (Lipinski definition) is 1. The lowest BCUT2D eigenvalue weighted by Crippen LogP contribution is -2.35. The highest BCUT2D eigenvalue weighted by Crippen LogP contribution is 2.39. The normalized spacial score (nSPS) is 18.3. The number of nitrogens with zero attached hydrogens (tertiary/aromatic N) is 3. The quantitative estimate of drug-likeness (QED) is 0.454. The molecule has 0 spiro atoms. The van der Waals surface area contributed by atoms with Gasteiger partial charge in [-0.3, -0.25) is 0 Å². The minimum Gasteiger partial charge on any atom is -0.493 e. The first-order valence-electron chi connectivity index (χ1n) is 12.7. The van der Waals surface area contributed by atoms with Crippen LogP contribution in [0.15, 0.2) is 18.2 Å². The molecule has 0 aliphatic carbocycles. The number of halogens is 3. The highest BCUT2D eigenvalue weighted by molar-refractivity contribution is 5.88. The summed E-state index contributed by atoms with van der Waals surface area (Å²) in [6.45, 7) is 5.42. The van der Waals surface area contributed by atoms with Crippen molar-refractivity contribution in [2.75, 3.05) is 65.3 Å². The minimum absolute atomic E-state index is 0.0708. The number of anilines is 1. The molecule has 2 fully saturated rings. The van der Waals surface area contributed by atoms with Gasteiger partial charge in [-0.15, -0.1) is 0 Å². The van der Waals surface area contributed by atoms with Crippen molar-refractivity contribution in [2.45, 2.75) is 50.6 Å². The van der Waals surface area contributed by atoms with E-state index in [0.29, 0.717) is 31.2 Å². The molecule has 1 N–H and O–H groups in total. The van der Waals surface area contributed by atoms with Gasteiger partial charge in [-0.1, -0.05) is 0 Å². The summed E-state index contributed by atoms with van der Waals surface area (Å²) in [4.78, 5) is 9.15. The molecule has 9 heteroatoms. The summed E-state index contributed by atoms with van der Waals surface area (Å²) in [5, 5.41) is 4.16. The number of piperidine rings is 1. The third kappa shape index (κ3) is 6.91. The maximum Gasteiger partial charge on any atom is 0.390 e. The summed E-state index contributed by atoms with van der Waals surface area (Å²) in [5.74, 6) is 2.40. The van der Waals surface area contributed by atoms with Crippen LogP contribution in [0.2, 0.25) is 0 Å². The van der Waals surface area contributed by atoms with Gasteiger partial charge < -0.3 is 24.6 Å². The van der Waals surface area contributed by atoms with Gasteiger partial charge in [-0.05, 0) is 81.9 Å². The van der Waals surface area contributed by atoms with E-state index in [1.165, 1.54) is 25.9 Å². The molecule has 4 rings (SSSR count). The predicted octanol–water partition coefficient (Wildman–Crippen LogP) is 5.28. The number of methoxy groups -OCH3 is 1. The monoisotopic (exact) mass is 494 g/mol. The Bertz CT molecular complexity index is 971. The topological polar surface area (TPSA) is 49.9 Å². The number of likely N-dealkylation sites (tertiary alicyclic amines) is 2. The van der Waals surface area contributed by atoms with Crippen molar-refractivity contribution in [1.82, 2.24) is 14.8 Å². The molecule has 0 amide bonds. The van der Waals surface area contributed by atoms with Gasteiger partial charge in [0.2, 0.25) is 0 Å². The van der Waals surface area contributed by atoms with Crippen LogP contribution in [0.4, 0.5) is 19.0 Å². The first-order chi connectivity index (χ1) is 16.9. The van der Waals surface area contributed by atoms with Gasteiger partial charge >= 0.3 is 6.18 Å². The molecule has 2 aliphatic heterocycles. The Balaban J connectivity index is 1.47. The molecule has 0 radical (unpaired) electrons. The second-order valence-electron chi connectivity index (χ2n) is 9.60. The fourth-order valence-electron chi connectivity index (χ4n) is 5.23. The van der Waals surface area contributed by atoms with E-state index in [0.717, 1.165) is 48.1 Å². The fraction of sp³-hybridized carbons (Fsp3) is 0.654. The van der Waals surface area contributed by atoms with Crippen molar-refractivity contribution in [2.24, 2.45) is 0 Å². The zero-order chi connectivity index (χ0) is 24.8. The summed E-state index contributed by atoms with van der Waals surface area (Å²) in [7, 11) is 3.49. The Labute approximate surface area is 205 Å². The summed E-state index contributed by atoms with van der Waals surface area (Å²) in [5.41, 5.74) is 2.00. The molecule has 6 nitrogen and oxygen atoms in total. The molecule has 0 bridgehead atoms. The largest absolute Gasteiger partial charge is 0.493 e. The number of aromatic nitrogens is 1. The number of alkyl halides is 3. The van der Waals surface area contributed by atoms with Crippen LogP contribution in [0.3, 0.4) is 0 Å². The fourth-order valence-corrected chi connectivity index (χ4v) is 5.23. The van der Waals surface area contributed by atoms with Crippen molar-refractivity contribution in [3.63, 3.8) is 0 Å². The average Bonchev–Trinajstić information content (AvgIpc) is 3.37. The molecule has 2 aliphatic rings. The maximum absolute atomic E-state index is 12.6. The van der Waals surface area contributed by atoms with E-state index in [1.807, 2.05) is 24.1 Å². The third-order valence-electron chi connectivity index (χ3n) is 7.20. The van der Waals surface area contributed by atoms with E-state index in [4.69, 9.17) is 14.5 Å². The zero-order valence-corrected chi connectivity index (χ0v) is 20.8. The molecule has 2 saturated heterocycles. The third-order valence-corrected chi connectivity index (χ3v) is 7.20. The molecular weight excluding hydrogens is 457 g/mol. The molecule has 1 aromatic heterocycles. The number of fused-ring (bicyclic) bond motifs is 1. The highest BCUT2D eigenvalue weighted by atomic mass is 19.4. The van der Waals surface area contributed by atoms with Crippen LogP contribution < -0.4 is 14.8 Å². The lowest BCUT2D eigenvalue weighted by molar-refractivity contribution is -0.138. The number of nitrogens with one attached hydrogen (secondary N) is 1. The molecule has 194 valence electrons. The molecule has 0 saturated carbocycles. The van der Waals surface area contributed by atoms with E-state index in [2.05, 4.69) is 16.3 Å². The first-order valence-corrected chi connectivity index (χ1v) is 12.7. The molecule has 1 aromatic carbocycles. The Morgan fingerprint density at radius 2 is 1.71 bits per heavy atom. The molecule has 0 unspecified atom stereocenters. The predicted molar refractivity (Wildman–Crippen MR) is 133 cm³/mol. The van der Waals surface area contributed by atoms with E-state index in [9.17, 15) is 13.2 Å². The highest BCUT2D eigenvalue weighted by Gasteiger charge is 2.30. The Kier molecular flexibility index (Phi) is 8.59. The van der Waals surface area contributed by atoms with Crippen LogP contribution in [0.5, 0.6) is 11.5 Å². The number of hydrogen-bond acceptors (Lipinski definition) is 6. The van der Waals surface area contributed by atoms with Crippen LogP contribution in [0.25, 0.3) is 10.9 Å². The Hall–Kier alpha value is -2.26. The lowest BCUT2D eigenvalue weighted by atomic mass is 9.87. The van der Waals surface area contributed by atoms with Gasteiger partial charge in [-0.25, -0.2) is 4.98 Å². The van der Waals surface area contributed by atoms with Gasteiger partial charge in [-0.2, -0.15) is 13.2 Å². The molecule has 35 heavy (non-hydrogen) atoms. The SMILES string of the molecule is CNc1cc(C2CCN(CCC(F)(F)F)CC2)c2cc(OC)c(OCCCN3CCCC3)cc2n1. The van der Waals surface area contributed by atoms with Gasteiger partial charge in [0.25, 0.3) is 0 Å². The molecular formula is C26H37F3N4O2. The van der Waals surface area contributed by atoms with Crippen LogP contribution in [-0.4, -0.2) is 81.0 Å². The molecule has 2 aromatic rings. The Morgan fingerprint density at radius 3 is 2.37 bits per heavy atom. The van der Waals surface area contributed by atoms with Gasteiger partial charge in [0.1, 0.15) is 5.82 Å². The number of rotatable bonds is 10. The van der Waals surface area contributed by atoms with Gasteiger partial charge in [0.15, 0.2) is 11.5 Å².